The molecule has 0 aliphatic heterocycles. The van der Waals surface area contributed by atoms with Gasteiger partial charge >= 0.3 is 12.2 Å². The van der Waals surface area contributed by atoms with Crippen LogP contribution in [0.3, 0.4) is 0 Å². The smallest absolute Gasteiger partial charge is 0.420 e. The number of imide groups is 1. The minimum atomic E-state index is -0.795. The summed E-state index contributed by atoms with van der Waals surface area (Å²) >= 11 is 0. The fraction of sp³-hybridized carbons (Fsp3) is 0.571. The highest BCUT2D eigenvalue weighted by Crippen LogP contribution is 2.19. The van der Waals surface area contributed by atoms with Crippen molar-refractivity contribution >= 4 is 18.5 Å². The first-order valence-corrected chi connectivity index (χ1v) is 9.45. The van der Waals surface area contributed by atoms with Gasteiger partial charge in [-0.15, -0.1) is 0 Å². The van der Waals surface area contributed by atoms with Gasteiger partial charge < -0.3 is 14.3 Å². The summed E-state index contributed by atoms with van der Waals surface area (Å²) in [6, 6.07) is 8.63. The highest BCUT2D eigenvalue weighted by atomic mass is 16.6. The molecule has 0 radical (unpaired) electrons. The molecule has 0 N–H and O–H groups in total. The van der Waals surface area contributed by atoms with Crippen LogP contribution in [0.2, 0.25) is 0 Å². The normalized spacial score (nSPS) is 12.1. The first-order valence-electron chi connectivity index (χ1n) is 9.45. The van der Waals surface area contributed by atoms with E-state index in [9.17, 15) is 14.4 Å². The van der Waals surface area contributed by atoms with Crippen molar-refractivity contribution in [3.63, 3.8) is 0 Å². The van der Waals surface area contributed by atoms with Crippen LogP contribution in [0.15, 0.2) is 30.3 Å². The predicted molar refractivity (Wildman–Crippen MR) is 103 cm³/mol. The number of unbranched alkanes of at least 4 members (excludes halogenated alkanes) is 2. The maximum Gasteiger partial charge on any atom is 0.420 e. The molecule has 1 atom stereocenters. The molecule has 6 heteroatoms. The van der Waals surface area contributed by atoms with Crippen LogP contribution in [0.5, 0.6) is 0 Å². The Morgan fingerprint density at radius 3 is 2.33 bits per heavy atom. The Labute approximate surface area is 161 Å². The Bertz CT molecular complexity index is 594. The number of nitrogens with zero attached hydrogens (tertiary/aromatic N) is 1. The summed E-state index contributed by atoms with van der Waals surface area (Å²) in [6.45, 7) is 7.29. The monoisotopic (exact) mass is 377 g/mol. The second-order valence-corrected chi connectivity index (χ2v) is 7.44. The molecule has 1 aromatic carbocycles. The molecule has 1 aromatic rings. The summed E-state index contributed by atoms with van der Waals surface area (Å²) in [7, 11) is 0. The molecule has 2 amide bonds. The number of ether oxygens (including phenoxy) is 2. The van der Waals surface area contributed by atoms with Crippen molar-refractivity contribution in [3.8, 4) is 0 Å². The quantitative estimate of drug-likeness (QED) is 0.442. The zero-order chi connectivity index (χ0) is 20.3. The van der Waals surface area contributed by atoms with Gasteiger partial charge in [0.15, 0.2) is 0 Å². The van der Waals surface area contributed by atoms with Crippen LogP contribution in [0.1, 0.15) is 65.4 Å². The maximum atomic E-state index is 12.7. The number of benzene rings is 1. The summed E-state index contributed by atoms with van der Waals surface area (Å²) in [4.78, 5) is 37.4. The zero-order valence-electron chi connectivity index (χ0n) is 16.8. The van der Waals surface area contributed by atoms with Crippen LogP contribution in [-0.2, 0) is 20.9 Å². The standard InChI is InChI=1S/C21H31NO5/c1-5-6-8-13-18(14-15-23)22(20(25)27-21(2,3)4)19(24)26-16-17-11-9-7-10-12-17/h7,9-12,15,18H,5-6,8,13-14,16H2,1-4H3. The number of amides is 2. The van der Waals surface area contributed by atoms with E-state index in [1.165, 1.54) is 0 Å². The number of carbonyl (C=O) groups excluding carboxylic acids is 3. The molecule has 0 aliphatic rings. The molecule has 27 heavy (non-hydrogen) atoms. The van der Waals surface area contributed by atoms with Gasteiger partial charge in [-0.1, -0.05) is 56.5 Å². The van der Waals surface area contributed by atoms with Crippen LogP contribution in [-0.4, -0.2) is 35.0 Å². The molecule has 1 unspecified atom stereocenters. The van der Waals surface area contributed by atoms with Gasteiger partial charge in [0.1, 0.15) is 18.5 Å². The fourth-order valence-corrected chi connectivity index (χ4v) is 2.57. The van der Waals surface area contributed by atoms with E-state index in [0.717, 1.165) is 36.0 Å². The van der Waals surface area contributed by atoms with Gasteiger partial charge in [-0.25, -0.2) is 14.5 Å². The van der Waals surface area contributed by atoms with Crippen molar-refractivity contribution in [2.45, 2.75) is 78.0 Å². The second-order valence-electron chi connectivity index (χ2n) is 7.44. The van der Waals surface area contributed by atoms with Gasteiger partial charge in [-0.2, -0.15) is 0 Å². The molecular formula is C21H31NO5. The molecule has 0 spiro atoms. The van der Waals surface area contributed by atoms with Gasteiger partial charge in [0.25, 0.3) is 0 Å². The summed E-state index contributed by atoms with van der Waals surface area (Å²) in [5.74, 6) is 0. The van der Waals surface area contributed by atoms with Crippen molar-refractivity contribution in [3.05, 3.63) is 35.9 Å². The third kappa shape index (κ3) is 8.71. The van der Waals surface area contributed by atoms with Crippen LogP contribution in [0.4, 0.5) is 9.59 Å². The molecule has 1 rings (SSSR count). The molecule has 0 fully saturated rings. The lowest BCUT2D eigenvalue weighted by atomic mass is 10.0. The van der Waals surface area contributed by atoms with E-state index in [1.807, 2.05) is 30.3 Å². The number of hydrogen-bond acceptors (Lipinski definition) is 5. The number of rotatable bonds is 9. The van der Waals surface area contributed by atoms with E-state index < -0.39 is 23.8 Å². The number of aldehydes is 1. The topological polar surface area (TPSA) is 72.9 Å². The zero-order valence-corrected chi connectivity index (χ0v) is 16.8. The van der Waals surface area contributed by atoms with Crippen LogP contribution in [0.25, 0.3) is 0 Å². The molecule has 0 bridgehead atoms. The molecule has 0 heterocycles. The Morgan fingerprint density at radius 2 is 1.78 bits per heavy atom. The Hall–Kier alpha value is -2.37. The van der Waals surface area contributed by atoms with Crippen LogP contribution < -0.4 is 0 Å². The lowest BCUT2D eigenvalue weighted by Crippen LogP contribution is -2.47. The van der Waals surface area contributed by atoms with E-state index in [0.29, 0.717) is 6.42 Å². The molecular weight excluding hydrogens is 346 g/mol. The van der Waals surface area contributed by atoms with Crippen LogP contribution >= 0.6 is 0 Å². The first kappa shape index (κ1) is 22.7. The van der Waals surface area contributed by atoms with Gasteiger partial charge in [0.05, 0.1) is 6.04 Å². The van der Waals surface area contributed by atoms with Gasteiger partial charge in [-0.3, -0.25) is 0 Å². The number of carbonyl (C=O) groups is 3. The third-order valence-electron chi connectivity index (χ3n) is 3.87. The average Bonchev–Trinajstić information content (AvgIpc) is 2.60. The molecule has 0 aromatic heterocycles. The Kier molecular flexibility index (Phi) is 9.54. The molecule has 6 nitrogen and oxygen atoms in total. The minimum absolute atomic E-state index is 0.0434. The van der Waals surface area contributed by atoms with E-state index in [4.69, 9.17) is 9.47 Å². The summed E-state index contributed by atoms with van der Waals surface area (Å²) in [6.07, 6.45) is 2.49. The lowest BCUT2D eigenvalue weighted by molar-refractivity contribution is -0.108. The van der Waals surface area contributed by atoms with Crippen LogP contribution in [0, 0.1) is 0 Å². The largest absolute Gasteiger partial charge is 0.444 e. The SMILES string of the molecule is CCCCCC(CC=O)N(C(=O)OCc1ccccc1)C(=O)OC(C)(C)C. The highest BCUT2D eigenvalue weighted by molar-refractivity contribution is 5.88. The summed E-state index contributed by atoms with van der Waals surface area (Å²) < 4.78 is 10.7. The predicted octanol–water partition coefficient (Wildman–Crippen LogP) is 5.10. The Balaban J connectivity index is 2.93. The fourth-order valence-electron chi connectivity index (χ4n) is 2.57. The van der Waals surface area contributed by atoms with Crippen molar-refractivity contribution in [2.75, 3.05) is 0 Å². The molecule has 0 saturated carbocycles. The van der Waals surface area contributed by atoms with E-state index >= 15 is 0 Å². The highest BCUT2D eigenvalue weighted by Gasteiger charge is 2.34. The van der Waals surface area contributed by atoms with E-state index in [2.05, 4.69) is 6.92 Å². The first-order chi connectivity index (χ1) is 12.8. The van der Waals surface area contributed by atoms with Crippen molar-refractivity contribution in [1.29, 1.82) is 0 Å². The minimum Gasteiger partial charge on any atom is -0.444 e. The van der Waals surface area contributed by atoms with E-state index in [1.54, 1.807) is 20.8 Å². The Morgan fingerprint density at radius 1 is 1.11 bits per heavy atom. The molecule has 0 saturated heterocycles. The van der Waals surface area contributed by atoms with E-state index in [-0.39, 0.29) is 13.0 Å². The van der Waals surface area contributed by atoms with Gasteiger partial charge in [-0.05, 0) is 32.8 Å². The average molecular weight is 377 g/mol. The summed E-state index contributed by atoms with van der Waals surface area (Å²) in [5, 5.41) is 0. The van der Waals surface area contributed by atoms with Gasteiger partial charge in [0.2, 0.25) is 0 Å². The van der Waals surface area contributed by atoms with Crippen molar-refractivity contribution in [1.82, 2.24) is 4.90 Å². The summed E-state index contributed by atoms with van der Waals surface area (Å²) in [5.41, 5.74) is 0.0531. The molecule has 150 valence electrons. The molecule has 0 aliphatic carbocycles. The maximum absolute atomic E-state index is 12.7. The van der Waals surface area contributed by atoms with Crippen molar-refractivity contribution in [2.24, 2.45) is 0 Å². The van der Waals surface area contributed by atoms with Crippen molar-refractivity contribution < 1.29 is 23.9 Å². The van der Waals surface area contributed by atoms with Gasteiger partial charge in [0, 0.05) is 6.42 Å². The lowest BCUT2D eigenvalue weighted by Gasteiger charge is -2.30. The third-order valence-corrected chi connectivity index (χ3v) is 3.87. The number of hydrogen-bond donors (Lipinski definition) is 0. The second kappa shape index (κ2) is 11.4.